The lowest BCUT2D eigenvalue weighted by atomic mass is 10.1. The van der Waals surface area contributed by atoms with E-state index in [0.717, 1.165) is 24.5 Å². The maximum Gasteiger partial charge on any atom is 0.341 e. The van der Waals surface area contributed by atoms with Gasteiger partial charge in [-0.05, 0) is 38.0 Å². The molecule has 1 aliphatic heterocycles. The first kappa shape index (κ1) is 28.5. The number of nitrogens with two attached hydrogens (primary N) is 1. The van der Waals surface area contributed by atoms with Crippen molar-refractivity contribution in [3.63, 3.8) is 0 Å². The first-order valence-corrected chi connectivity index (χ1v) is 13.6. The summed E-state index contributed by atoms with van der Waals surface area (Å²) in [7, 11) is -1.05. The summed E-state index contributed by atoms with van der Waals surface area (Å²) in [6.07, 6.45) is 2.79. The number of rotatable bonds is 6. The van der Waals surface area contributed by atoms with Crippen LogP contribution in [-0.2, 0) is 14.9 Å². The minimum absolute atomic E-state index is 0.00307. The Morgan fingerprint density at radius 1 is 1.15 bits per heavy atom. The van der Waals surface area contributed by atoms with Gasteiger partial charge in [0.25, 0.3) is 10.1 Å². The van der Waals surface area contributed by atoms with Crippen molar-refractivity contribution in [2.75, 3.05) is 32.2 Å². The van der Waals surface area contributed by atoms with E-state index in [9.17, 15) is 23.1 Å². The van der Waals surface area contributed by atoms with Crippen molar-refractivity contribution in [1.29, 1.82) is 0 Å². The number of carboxylic acid groups (broad SMARTS) is 1. The average Bonchev–Trinajstić information content (AvgIpc) is 3.65. The van der Waals surface area contributed by atoms with Gasteiger partial charge in [-0.1, -0.05) is 17.7 Å². The van der Waals surface area contributed by atoms with Crippen LogP contribution in [-0.4, -0.2) is 68.1 Å². The van der Waals surface area contributed by atoms with Crippen molar-refractivity contribution in [3.8, 4) is 5.75 Å². The van der Waals surface area contributed by atoms with Gasteiger partial charge in [0.15, 0.2) is 11.6 Å². The van der Waals surface area contributed by atoms with Crippen LogP contribution in [0.4, 0.5) is 10.1 Å². The smallest absolute Gasteiger partial charge is 0.341 e. The van der Waals surface area contributed by atoms with Crippen LogP contribution in [0.15, 0.2) is 46.2 Å². The van der Waals surface area contributed by atoms with Crippen molar-refractivity contribution in [3.05, 3.63) is 63.7 Å². The summed E-state index contributed by atoms with van der Waals surface area (Å²) in [6, 6.07) is 6.86. The molecule has 0 spiro atoms. The lowest BCUT2D eigenvalue weighted by Gasteiger charge is -2.24. The summed E-state index contributed by atoms with van der Waals surface area (Å²) in [4.78, 5) is 25.9. The third-order valence-electron chi connectivity index (χ3n) is 6.82. The Balaban J connectivity index is 0.000000270. The number of fused-ring (bicyclic) bond motifs is 1. The normalized spacial score (nSPS) is 19.1. The van der Waals surface area contributed by atoms with Gasteiger partial charge in [-0.2, -0.15) is 8.42 Å². The Kier molecular flexibility index (Phi) is 7.98. The molecule has 1 saturated carbocycles. The van der Waals surface area contributed by atoms with E-state index in [2.05, 4.69) is 0 Å². The monoisotopic (exact) mass is 563 g/mol. The fraction of sp³-hybridized carbons (Fsp3) is 0.385. The van der Waals surface area contributed by atoms with E-state index in [-0.39, 0.29) is 45.5 Å². The summed E-state index contributed by atoms with van der Waals surface area (Å²) >= 11 is 0. The molecule has 4 N–H and O–H groups in total. The molecule has 0 amide bonds. The first-order valence-electron chi connectivity index (χ1n) is 12.1. The van der Waals surface area contributed by atoms with Crippen molar-refractivity contribution >= 4 is 32.7 Å². The molecule has 11 nitrogen and oxygen atoms in total. The highest BCUT2D eigenvalue weighted by atomic mass is 32.2. The fourth-order valence-corrected chi connectivity index (χ4v) is 5.15. The molecule has 2 heterocycles. The van der Waals surface area contributed by atoms with E-state index in [1.807, 2.05) is 6.92 Å². The number of hydrogen-bond donors (Lipinski definition) is 3. The van der Waals surface area contributed by atoms with Crippen LogP contribution in [0.5, 0.6) is 5.75 Å². The molecule has 2 aliphatic rings. The molecule has 2 atom stereocenters. The lowest BCUT2D eigenvalue weighted by molar-refractivity contribution is 0.0694. The number of ether oxygens (including phenoxy) is 2. The van der Waals surface area contributed by atoms with Crippen molar-refractivity contribution in [1.82, 2.24) is 4.57 Å². The van der Waals surface area contributed by atoms with Crippen molar-refractivity contribution in [2.24, 2.45) is 5.73 Å². The highest BCUT2D eigenvalue weighted by Crippen LogP contribution is 2.44. The SMILES string of the molecule is COc1c(N2C[C@H](N)[C@H](OC)C2)c(F)cc2c(=O)c(C(=O)O)cn(C3CC3)c12.Cc1ccc(S(=O)(=O)O)cc1. The molecule has 2 fully saturated rings. The topological polar surface area (TPSA) is 161 Å². The predicted molar refractivity (Wildman–Crippen MR) is 142 cm³/mol. The number of aryl methyl sites for hydroxylation is 1. The lowest BCUT2D eigenvalue weighted by Crippen LogP contribution is -2.34. The van der Waals surface area contributed by atoms with E-state index in [4.69, 9.17) is 19.8 Å². The van der Waals surface area contributed by atoms with Crippen LogP contribution in [0.25, 0.3) is 10.9 Å². The van der Waals surface area contributed by atoms with E-state index in [1.54, 1.807) is 28.7 Å². The highest BCUT2D eigenvalue weighted by Gasteiger charge is 2.36. The van der Waals surface area contributed by atoms with Gasteiger partial charge in [-0.25, -0.2) is 9.18 Å². The molecule has 13 heteroatoms. The van der Waals surface area contributed by atoms with Gasteiger partial charge in [0.1, 0.15) is 11.3 Å². The molecule has 1 saturated heterocycles. The Morgan fingerprint density at radius 3 is 2.28 bits per heavy atom. The maximum absolute atomic E-state index is 15.1. The minimum Gasteiger partial charge on any atom is -0.492 e. The summed E-state index contributed by atoms with van der Waals surface area (Å²) < 4.78 is 57.3. The number of benzene rings is 2. The molecule has 2 aromatic carbocycles. The molecule has 5 rings (SSSR count). The summed E-state index contributed by atoms with van der Waals surface area (Å²) in [6.45, 7) is 2.60. The van der Waals surface area contributed by atoms with Gasteiger partial charge in [-0.15, -0.1) is 0 Å². The molecule has 1 aliphatic carbocycles. The van der Waals surface area contributed by atoms with Crippen LogP contribution in [0.1, 0.15) is 34.8 Å². The number of carboxylic acids is 1. The molecule has 0 radical (unpaired) electrons. The number of methoxy groups -OCH3 is 2. The van der Waals surface area contributed by atoms with Crippen LogP contribution in [0.3, 0.4) is 0 Å². The molecular formula is C26H30FN3O8S. The van der Waals surface area contributed by atoms with Crippen LogP contribution in [0, 0.1) is 12.7 Å². The van der Waals surface area contributed by atoms with Gasteiger partial charge in [0.2, 0.25) is 5.43 Å². The van der Waals surface area contributed by atoms with E-state index < -0.39 is 27.3 Å². The van der Waals surface area contributed by atoms with Gasteiger partial charge >= 0.3 is 5.97 Å². The zero-order valence-corrected chi connectivity index (χ0v) is 22.4. The van der Waals surface area contributed by atoms with Gasteiger partial charge in [0, 0.05) is 32.4 Å². The van der Waals surface area contributed by atoms with E-state index in [0.29, 0.717) is 18.6 Å². The molecule has 1 aromatic heterocycles. The fourth-order valence-electron chi connectivity index (χ4n) is 4.67. The zero-order chi connectivity index (χ0) is 28.6. The molecular weight excluding hydrogens is 533 g/mol. The van der Waals surface area contributed by atoms with Crippen LogP contribution >= 0.6 is 0 Å². The minimum atomic E-state index is -4.02. The number of hydrogen-bond acceptors (Lipinski definition) is 8. The maximum atomic E-state index is 15.1. The second kappa shape index (κ2) is 10.9. The standard InChI is InChI=1S/C19H22FN3O5.C7H8O3S/c1-27-14-8-22(7-13(14)21)16-12(20)5-10-15(18(16)28-2)23(9-3-4-9)6-11(17(10)24)19(25)26;1-6-2-4-7(5-3-6)11(8,9)10/h5-6,9,13-14H,3-4,7-8,21H2,1-2H3,(H,25,26);2-5H,1H3,(H,8,9,10)/t13-,14+;/m0./s1. The molecule has 0 unspecified atom stereocenters. The number of aromatic carboxylic acids is 1. The average molecular weight is 564 g/mol. The zero-order valence-electron chi connectivity index (χ0n) is 21.6. The van der Waals surface area contributed by atoms with E-state index >= 15 is 4.39 Å². The number of halogens is 1. The Bertz CT molecular complexity index is 1570. The number of nitrogens with zero attached hydrogens (tertiary/aromatic N) is 2. The first-order chi connectivity index (χ1) is 18.4. The second-order valence-electron chi connectivity index (χ2n) is 9.58. The number of aromatic nitrogens is 1. The third kappa shape index (κ3) is 5.76. The van der Waals surface area contributed by atoms with Gasteiger partial charge < -0.3 is 29.8 Å². The summed E-state index contributed by atoms with van der Waals surface area (Å²) in [5.41, 5.74) is 6.56. The largest absolute Gasteiger partial charge is 0.492 e. The Morgan fingerprint density at radius 2 is 1.79 bits per heavy atom. The summed E-state index contributed by atoms with van der Waals surface area (Å²) in [5.74, 6) is -1.78. The van der Waals surface area contributed by atoms with Crippen molar-refractivity contribution in [2.45, 2.75) is 42.8 Å². The Hall–Kier alpha value is -3.52. The molecule has 3 aromatic rings. The third-order valence-corrected chi connectivity index (χ3v) is 7.69. The van der Waals surface area contributed by atoms with Gasteiger partial charge in [-0.3, -0.25) is 9.35 Å². The second-order valence-corrected chi connectivity index (χ2v) is 11.0. The number of carbonyl (C=O) groups is 1. The number of pyridine rings is 1. The highest BCUT2D eigenvalue weighted by molar-refractivity contribution is 7.85. The Labute approximate surface area is 224 Å². The van der Waals surface area contributed by atoms with Gasteiger partial charge in [0.05, 0.1) is 35.1 Å². The number of anilines is 1. The van der Waals surface area contributed by atoms with Crippen LogP contribution in [0.2, 0.25) is 0 Å². The quantitative estimate of drug-likeness (QED) is 0.380. The van der Waals surface area contributed by atoms with Crippen molar-refractivity contribution < 1.29 is 36.7 Å². The van der Waals surface area contributed by atoms with Crippen LogP contribution < -0.4 is 20.8 Å². The predicted octanol–water partition coefficient (Wildman–Crippen LogP) is 2.59. The molecule has 39 heavy (non-hydrogen) atoms. The van der Waals surface area contributed by atoms with E-state index in [1.165, 1.54) is 25.4 Å². The summed E-state index contributed by atoms with van der Waals surface area (Å²) in [5, 5.41) is 9.38. The molecule has 210 valence electrons. The molecule has 0 bridgehead atoms.